The van der Waals surface area contributed by atoms with Crippen LogP contribution in [0.5, 0.6) is 0 Å². The van der Waals surface area contributed by atoms with Crippen molar-refractivity contribution < 1.29 is 52.8 Å². The van der Waals surface area contributed by atoms with Crippen LogP contribution >= 0.6 is 0 Å². The molecule has 320 valence electrons. The Bertz CT molecular complexity index is 1670. The van der Waals surface area contributed by atoms with Crippen LogP contribution in [0.1, 0.15) is 179 Å². The van der Waals surface area contributed by atoms with Crippen LogP contribution in [0.3, 0.4) is 0 Å². The maximum Gasteiger partial charge on any atom is 0.312 e. The summed E-state index contributed by atoms with van der Waals surface area (Å²) in [5.41, 5.74) is -9.84. The number of rotatable bonds is 12. The Balaban J connectivity index is 1.16. The molecule has 9 fully saturated rings. The molecule has 9 rings (SSSR count). The fourth-order valence-electron chi connectivity index (χ4n) is 13.7. The average molecular weight is 799 g/mol. The first-order valence-corrected chi connectivity index (χ1v) is 21.9. The van der Waals surface area contributed by atoms with Gasteiger partial charge in [0.05, 0.1) is 33.7 Å². The molecule has 11 nitrogen and oxygen atoms in total. The van der Waals surface area contributed by atoms with E-state index in [-0.39, 0.29) is 48.9 Å². The van der Waals surface area contributed by atoms with Gasteiger partial charge in [-0.1, -0.05) is 6.92 Å². The minimum absolute atomic E-state index is 0.00387. The molecule has 7 atom stereocenters. The molecule has 0 radical (unpaired) electrons. The minimum atomic E-state index is -1.37. The number of ether oxygens (including phenoxy) is 5. The number of hydrogen-bond donors (Lipinski definition) is 1. The number of hydrogen-bond acceptors (Lipinski definition) is 11. The SMILES string of the molecule is CCC(C)(CC(C)(CC(C)(C)C(=O)OC1(C)CC(=O)OC1(C)C)C(=O)OC12CC3CC(CC(O)(C3)C1)C2)C(=O)OC12CC3CC(C1)CC(C(=O)OC(C)(C)C)(C3)C2. The Morgan fingerprint density at radius 3 is 1.63 bits per heavy atom. The second-order valence-corrected chi connectivity index (χ2v) is 23.6. The number of carbonyl (C=O) groups excluding carboxylic acids is 5. The predicted octanol–water partition coefficient (Wildman–Crippen LogP) is 8.09. The van der Waals surface area contributed by atoms with Crippen molar-refractivity contribution in [2.45, 2.75) is 213 Å². The van der Waals surface area contributed by atoms with E-state index in [0.29, 0.717) is 44.9 Å². The van der Waals surface area contributed by atoms with E-state index in [4.69, 9.17) is 23.7 Å². The molecule has 9 aliphatic rings. The first-order valence-electron chi connectivity index (χ1n) is 21.9. The van der Waals surface area contributed by atoms with Gasteiger partial charge in [-0.05, 0) is 176 Å². The lowest BCUT2D eigenvalue weighted by Crippen LogP contribution is -2.61. The van der Waals surface area contributed by atoms with Gasteiger partial charge in [0.2, 0.25) is 0 Å². The van der Waals surface area contributed by atoms with Gasteiger partial charge in [-0.2, -0.15) is 0 Å². The molecule has 1 saturated heterocycles. The van der Waals surface area contributed by atoms with E-state index in [2.05, 4.69) is 0 Å². The van der Waals surface area contributed by atoms with Gasteiger partial charge in [-0.3, -0.25) is 24.0 Å². The summed E-state index contributed by atoms with van der Waals surface area (Å²) in [5, 5.41) is 11.5. The number of aliphatic hydroxyl groups is 1. The molecule has 8 aliphatic carbocycles. The van der Waals surface area contributed by atoms with Crippen LogP contribution in [-0.2, 0) is 47.7 Å². The highest BCUT2D eigenvalue weighted by Crippen LogP contribution is 2.64. The third kappa shape index (κ3) is 7.67. The summed E-state index contributed by atoms with van der Waals surface area (Å²) in [6.45, 7) is 19.8. The Morgan fingerprint density at radius 2 is 1.18 bits per heavy atom. The van der Waals surface area contributed by atoms with Crippen molar-refractivity contribution in [3.05, 3.63) is 0 Å². The molecule has 1 N–H and O–H groups in total. The van der Waals surface area contributed by atoms with Gasteiger partial charge < -0.3 is 28.8 Å². The molecule has 0 aromatic heterocycles. The van der Waals surface area contributed by atoms with Crippen LogP contribution in [0.4, 0.5) is 0 Å². The highest BCUT2D eigenvalue weighted by atomic mass is 16.6. The Labute approximate surface area is 339 Å². The lowest BCUT2D eigenvalue weighted by molar-refractivity contribution is -0.230. The highest BCUT2D eigenvalue weighted by Gasteiger charge is 2.65. The molecule has 0 aromatic rings. The molecule has 7 unspecified atom stereocenters. The fourth-order valence-corrected chi connectivity index (χ4v) is 13.7. The van der Waals surface area contributed by atoms with Crippen LogP contribution in [-0.4, -0.2) is 68.6 Å². The van der Waals surface area contributed by atoms with Gasteiger partial charge in [0.1, 0.15) is 22.4 Å². The van der Waals surface area contributed by atoms with Crippen LogP contribution in [0, 0.1) is 45.3 Å². The van der Waals surface area contributed by atoms with E-state index in [9.17, 15) is 24.3 Å². The van der Waals surface area contributed by atoms with E-state index in [1.54, 1.807) is 41.5 Å². The standard InChI is InChI=1S/C46H70O11/c1-12-40(9,34(49)56-45-19-28-13-29(20-45)16-43(15-28,26-45)36(51)54-37(2,3)4)25-41(10,24-38(5,6)33(48)55-42(11)23-32(47)53-39(42,7)8)35(50)57-46-21-30-14-31(22-46)18-44(52,17-30)27-46/h28-31,52H,12-27H2,1-11H3. The molecular weight excluding hydrogens is 728 g/mol. The normalized spacial score (nSPS) is 40.8. The van der Waals surface area contributed by atoms with Crippen LogP contribution < -0.4 is 0 Å². The van der Waals surface area contributed by atoms with E-state index in [0.717, 1.165) is 38.5 Å². The van der Waals surface area contributed by atoms with Gasteiger partial charge in [-0.25, -0.2) is 0 Å². The molecule has 8 saturated carbocycles. The molecule has 0 aromatic carbocycles. The number of cyclic esters (lactones) is 1. The second kappa shape index (κ2) is 13.2. The first kappa shape index (κ1) is 42.4. The second-order valence-electron chi connectivity index (χ2n) is 23.6. The van der Waals surface area contributed by atoms with E-state index in [1.807, 2.05) is 34.6 Å². The van der Waals surface area contributed by atoms with E-state index in [1.165, 1.54) is 0 Å². The monoisotopic (exact) mass is 798 g/mol. The number of esters is 5. The molecule has 0 amide bonds. The lowest BCUT2D eigenvalue weighted by atomic mass is 9.47. The van der Waals surface area contributed by atoms with Crippen LogP contribution in [0.2, 0.25) is 0 Å². The molecule has 1 heterocycles. The highest BCUT2D eigenvalue weighted by molar-refractivity contribution is 5.84. The van der Waals surface area contributed by atoms with Gasteiger partial charge in [0, 0.05) is 12.8 Å². The first-order chi connectivity index (χ1) is 26.0. The van der Waals surface area contributed by atoms with Gasteiger partial charge in [0.15, 0.2) is 5.60 Å². The topological polar surface area (TPSA) is 152 Å². The van der Waals surface area contributed by atoms with Crippen molar-refractivity contribution in [2.75, 3.05) is 0 Å². The Hall–Kier alpha value is -2.69. The zero-order chi connectivity index (χ0) is 42.0. The summed E-state index contributed by atoms with van der Waals surface area (Å²) in [7, 11) is 0. The van der Waals surface area contributed by atoms with E-state index < -0.39 is 79.1 Å². The largest absolute Gasteiger partial charge is 0.460 e. The summed E-state index contributed by atoms with van der Waals surface area (Å²) in [6.07, 6.45) is 8.88. The lowest BCUT2D eigenvalue weighted by Gasteiger charge is -2.60. The third-order valence-corrected chi connectivity index (χ3v) is 15.8. The average Bonchev–Trinajstić information content (AvgIpc) is 3.21. The fraction of sp³-hybridized carbons (Fsp3) is 0.891. The number of carbonyl (C=O) groups is 5. The summed E-state index contributed by atoms with van der Waals surface area (Å²) in [5.74, 6) is -1.06. The quantitative estimate of drug-likeness (QED) is 0.151. The summed E-state index contributed by atoms with van der Waals surface area (Å²) >= 11 is 0. The molecule has 1 aliphatic heterocycles. The Morgan fingerprint density at radius 1 is 0.684 bits per heavy atom. The smallest absolute Gasteiger partial charge is 0.312 e. The zero-order valence-corrected chi connectivity index (χ0v) is 36.7. The molecule has 11 heteroatoms. The maximum absolute atomic E-state index is 15.0. The zero-order valence-electron chi connectivity index (χ0n) is 36.7. The van der Waals surface area contributed by atoms with Crippen LogP contribution in [0.25, 0.3) is 0 Å². The van der Waals surface area contributed by atoms with Crippen molar-refractivity contribution in [3.63, 3.8) is 0 Å². The summed E-state index contributed by atoms with van der Waals surface area (Å²) < 4.78 is 31.0. The molecule has 57 heavy (non-hydrogen) atoms. The summed E-state index contributed by atoms with van der Waals surface area (Å²) in [4.78, 5) is 70.3. The predicted molar refractivity (Wildman–Crippen MR) is 209 cm³/mol. The van der Waals surface area contributed by atoms with Crippen molar-refractivity contribution in [3.8, 4) is 0 Å². The van der Waals surface area contributed by atoms with Crippen molar-refractivity contribution in [1.29, 1.82) is 0 Å². The maximum atomic E-state index is 15.0. The van der Waals surface area contributed by atoms with Gasteiger partial charge >= 0.3 is 29.8 Å². The van der Waals surface area contributed by atoms with Crippen LogP contribution in [0.15, 0.2) is 0 Å². The van der Waals surface area contributed by atoms with E-state index >= 15 is 4.79 Å². The van der Waals surface area contributed by atoms with Crippen molar-refractivity contribution in [1.82, 2.24) is 0 Å². The van der Waals surface area contributed by atoms with Crippen molar-refractivity contribution in [2.24, 2.45) is 45.3 Å². The molecule has 8 bridgehead atoms. The minimum Gasteiger partial charge on any atom is -0.460 e. The summed E-state index contributed by atoms with van der Waals surface area (Å²) in [6, 6.07) is 0. The van der Waals surface area contributed by atoms with Gasteiger partial charge in [0.25, 0.3) is 0 Å². The third-order valence-electron chi connectivity index (χ3n) is 15.8. The van der Waals surface area contributed by atoms with Gasteiger partial charge in [-0.15, -0.1) is 0 Å². The Kier molecular flexibility index (Phi) is 9.79. The molecular formula is C46H70O11. The molecule has 0 spiro atoms. The van der Waals surface area contributed by atoms with Crippen molar-refractivity contribution >= 4 is 29.8 Å².